The maximum absolute atomic E-state index is 11.9. The van der Waals surface area contributed by atoms with Crippen LogP contribution in [0.25, 0.3) is 0 Å². The van der Waals surface area contributed by atoms with E-state index in [1.54, 1.807) is 10.9 Å². The van der Waals surface area contributed by atoms with Crippen LogP contribution in [0.2, 0.25) is 0 Å². The summed E-state index contributed by atoms with van der Waals surface area (Å²) in [5, 5.41) is 7.65. The minimum atomic E-state index is -0.267. The summed E-state index contributed by atoms with van der Waals surface area (Å²) in [4.78, 5) is 14.4. The molecule has 1 aromatic heterocycles. The van der Waals surface area contributed by atoms with Gasteiger partial charge in [0.2, 0.25) is 0 Å². The Morgan fingerprint density at radius 3 is 2.80 bits per heavy atom. The van der Waals surface area contributed by atoms with Crippen LogP contribution in [-0.2, 0) is 18.3 Å². The Morgan fingerprint density at radius 1 is 1.45 bits per heavy atom. The lowest BCUT2D eigenvalue weighted by Gasteiger charge is -2.17. The molecule has 2 saturated heterocycles. The van der Waals surface area contributed by atoms with Crippen molar-refractivity contribution in [1.82, 2.24) is 20.0 Å². The molecular weight excluding hydrogens is 256 g/mol. The summed E-state index contributed by atoms with van der Waals surface area (Å²) in [6.45, 7) is 7.44. The SMILES string of the molecule is CCOC(=O)c1cnn(C)c1CN1CC2CNCC2C1. The van der Waals surface area contributed by atoms with Crippen LogP contribution in [0.3, 0.4) is 0 Å². The van der Waals surface area contributed by atoms with Gasteiger partial charge in [-0.2, -0.15) is 5.10 Å². The molecular formula is C14H22N4O2. The summed E-state index contributed by atoms with van der Waals surface area (Å²) in [6, 6.07) is 0. The van der Waals surface area contributed by atoms with Crippen LogP contribution in [0.1, 0.15) is 23.0 Å². The number of carbonyl (C=O) groups is 1. The van der Waals surface area contributed by atoms with Crippen LogP contribution in [0, 0.1) is 11.8 Å². The highest BCUT2D eigenvalue weighted by molar-refractivity contribution is 5.90. The number of likely N-dealkylation sites (tertiary alicyclic amines) is 1. The molecule has 1 N–H and O–H groups in total. The molecule has 0 spiro atoms. The van der Waals surface area contributed by atoms with E-state index in [-0.39, 0.29) is 5.97 Å². The maximum Gasteiger partial charge on any atom is 0.341 e. The van der Waals surface area contributed by atoms with Crippen LogP contribution < -0.4 is 5.32 Å². The number of rotatable bonds is 4. The molecule has 0 radical (unpaired) electrons. The smallest absolute Gasteiger partial charge is 0.341 e. The average molecular weight is 278 g/mol. The monoisotopic (exact) mass is 278 g/mol. The van der Waals surface area contributed by atoms with Gasteiger partial charge in [-0.15, -0.1) is 0 Å². The molecule has 3 heterocycles. The molecule has 2 unspecified atom stereocenters. The van der Waals surface area contributed by atoms with Crippen LogP contribution >= 0.6 is 0 Å². The van der Waals surface area contributed by atoms with Crippen LogP contribution in [-0.4, -0.2) is 53.4 Å². The number of aromatic nitrogens is 2. The second kappa shape index (κ2) is 5.54. The second-order valence-corrected chi connectivity index (χ2v) is 5.72. The van der Waals surface area contributed by atoms with Gasteiger partial charge < -0.3 is 10.1 Å². The summed E-state index contributed by atoms with van der Waals surface area (Å²) >= 11 is 0. The average Bonchev–Trinajstić information content (AvgIpc) is 3.06. The third kappa shape index (κ3) is 2.45. The van der Waals surface area contributed by atoms with Crippen LogP contribution in [0.4, 0.5) is 0 Å². The van der Waals surface area contributed by atoms with Crippen molar-refractivity contribution in [3.63, 3.8) is 0 Å². The third-order valence-electron chi connectivity index (χ3n) is 4.40. The van der Waals surface area contributed by atoms with Gasteiger partial charge in [-0.25, -0.2) is 4.79 Å². The van der Waals surface area contributed by atoms with Gasteiger partial charge in [-0.05, 0) is 31.8 Å². The number of nitrogens with zero attached hydrogens (tertiary/aromatic N) is 3. The number of fused-ring (bicyclic) bond motifs is 1. The zero-order chi connectivity index (χ0) is 14.1. The molecule has 0 amide bonds. The second-order valence-electron chi connectivity index (χ2n) is 5.72. The molecule has 0 aliphatic carbocycles. The van der Waals surface area contributed by atoms with E-state index in [2.05, 4.69) is 15.3 Å². The molecule has 2 fully saturated rings. The molecule has 2 aliphatic heterocycles. The number of ether oxygens (including phenoxy) is 1. The lowest BCUT2D eigenvalue weighted by Crippen LogP contribution is -2.27. The number of esters is 1. The topological polar surface area (TPSA) is 59.4 Å². The summed E-state index contributed by atoms with van der Waals surface area (Å²) in [6.07, 6.45) is 1.62. The summed E-state index contributed by atoms with van der Waals surface area (Å²) in [7, 11) is 1.89. The first kappa shape index (κ1) is 13.6. The number of aryl methyl sites for hydroxylation is 1. The van der Waals surface area contributed by atoms with E-state index in [1.807, 2.05) is 14.0 Å². The first-order valence-corrected chi connectivity index (χ1v) is 7.30. The van der Waals surface area contributed by atoms with Crippen molar-refractivity contribution in [3.8, 4) is 0 Å². The molecule has 0 saturated carbocycles. The van der Waals surface area contributed by atoms with E-state index < -0.39 is 0 Å². The third-order valence-corrected chi connectivity index (χ3v) is 4.40. The van der Waals surface area contributed by atoms with Crippen molar-refractivity contribution in [2.24, 2.45) is 18.9 Å². The van der Waals surface area contributed by atoms with Crippen molar-refractivity contribution in [3.05, 3.63) is 17.5 Å². The first-order chi connectivity index (χ1) is 9.69. The van der Waals surface area contributed by atoms with Crippen molar-refractivity contribution < 1.29 is 9.53 Å². The lowest BCUT2D eigenvalue weighted by atomic mass is 10.0. The fraction of sp³-hybridized carbons (Fsp3) is 0.714. The molecule has 20 heavy (non-hydrogen) atoms. The van der Waals surface area contributed by atoms with Crippen molar-refractivity contribution >= 4 is 5.97 Å². The highest BCUT2D eigenvalue weighted by atomic mass is 16.5. The van der Waals surface area contributed by atoms with Gasteiger partial charge >= 0.3 is 5.97 Å². The first-order valence-electron chi connectivity index (χ1n) is 7.30. The number of nitrogens with one attached hydrogen (secondary N) is 1. The minimum absolute atomic E-state index is 0.267. The van der Waals surface area contributed by atoms with Crippen molar-refractivity contribution in [2.75, 3.05) is 32.8 Å². The highest BCUT2D eigenvalue weighted by Gasteiger charge is 2.36. The normalized spacial score (nSPS) is 25.9. The zero-order valence-corrected chi connectivity index (χ0v) is 12.1. The quantitative estimate of drug-likeness (QED) is 0.800. The van der Waals surface area contributed by atoms with E-state index in [1.165, 1.54) is 0 Å². The number of hydrogen-bond donors (Lipinski definition) is 1. The summed E-state index contributed by atoms with van der Waals surface area (Å²) < 4.78 is 6.89. The van der Waals surface area contributed by atoms with Crippen molar-refractivity contribution in [2.45, 2.75) is 13.5 Å². The highest BCUT2D eigenvalue weighted by Crippen LogP contribution is 2.27. The van der Waals surface area contributed by atoms with Gasteiger partial charge in [0.25, 0.3) is 0 Å². The predicted octanol–water partition coefficient (Wildman–Crippen LogP) is 0.248. The minimum Gasteiger partial charge on any atom is -0.462 e. The Bertz CT molecular complexity index is 487. The predicted molar refractivity (Wildman–Crippen MR) is 74.3 cm³/mol. The summed E-state index contributed by atoms with van der Waals surface area (Å²) in [5.41, 5.74) is 1.56. The van der Waals surface area contributed by atoms with Gasteiger partial charge in [0.05, 0.1) is 18.5 Å². The van der Waals surface area contributed by atoms with E-state index in [4.69, 9.17) is 4.74 Å². The van der Waals surface area contributed by atoms with Gasteiger partial charge in [-0.3, -0.25) is 9.58 Å². The Balaban J connectivity index is 1.71. The zero-order valence-electron chi connectivity index (χ0n) is 12.1. The largest absolute Gasteiger partial charge is 0.462 e. The maximum atomic E-state index is 11.9. The Kier molecular flexibility index (Phi) is 3.76. The Hall–Kier alpha value is -1.40. The van der Waals surface area contributed by atoms with Gasteiger partial charge in [0, 0.05) is 26.7 Å². The summed E-state index contributed by atoms with van der Waals surface area (Å²) in [5.74, 6) is 1.25. The molecule has 110 valence electrons. The molecule has 2 aliphatic rings. The molecule has 2 atom stereocenters. The Morgan fingerprint density at radius 2 is 2.15 bits per heavy atom. The standard InChI is InChI=1S/C14H22N4O2/c1-3-20-14(19)12-6-16-17(2)13(12)9-18-7-10-4-15-5-11(10)8-18/h6,10-11,15H,3-5,7-9H2,1-2H3. The molecule has 0 aromatic carbocycles. The van der Waals surface area contributed by atoms with Gasteiger partial charge in [-0.1, -0.05) is 0 Å². The molecule has 6 nitrogen and oxygen atoms in total. The Labute approximate surface area is 119 Å². The number of hydrogen-bond acceptors (Lipinski definition) is 5. The fourth-order valence-electron chi connectivity index (χ4n) is 3.32. The lowest BCUT2D eigenvalue weighted by molar-refractivity contribution is 0.0523. The van der Waals surface area contributed by atoms with E-state index in [0.29, 0.717) is 12.2 Å². The molecule has 1 aromatic rings. The molecule has 6 heteroatoms. The molecule has 3 rings (SSSR count). The van der Waals surface area contributed by atoms with Crippen LogP contribution in [0.15, 0.2) is 6.20 Å². The van der Waals surface area contributed by atoms with Gasteiger partial charge in [0.1, 0.15) is 5.56 Å². The number of carbonyl (C=O) groups excluding carboxylic acids is 1. The van der Waals surface area contributed by atoms with Crippen molar-refractivity contribution in [1.29, 1.82) is 0 Å². The van der Waals surface area contributed by atoms with Gasteiger partial charge in [0.15, 0.2) is 0 Å². The van der Waals surface area contributed by atoms with E-state index in [9.17, 15) is 4.79 Å². The fourth-order valence-corrected chi connectivity index (χ4v) is 3.32. The van der Waals surface area contributed by atoms with Crippen LogP contribution in [0.5, 0.6) is 0 Å². The molecule has 0 bridgehead atoms. The van der Waals surface area contributed by atoms with E-state index >= 15 is 0 Å². The van der Waals surface area contributed by atoms with E-state index in [0.717, 1.165) is 50.3 Å².